The molecule has 18 heavy (non-hydrogen) atoms. The molecule has 1 heterocycles. The van der Waals surface area contributed by atoms with E-state index in [0.29, 0.717) is 0 Å². The van der Waals surface area contributed by atoms with Gasteiger partial charge in [-0.15, -0.1) is 0 Å². The van der Waals surface area contributed by atoms with Crippen LogP contribution in [0.2, 0.25) is 0 Å². The molecule has 1 aromatic rings. The molecular formula is C9H12F3N5O. The van der Waals surface area contributed by atoms with Crippen LogP contribution < -0.4 is 16.6 Å². The highest BCUT2D eigenvalue weighted by atomic mass is 19.4. The molecule has 0 aliphatic rings. The Labute approximate surface area is 101 Å². The van der Waals surface area contributed by atoms with E-state index in [2.05, 4.69) is 20.7 Å². The van der Waals surface area contributed by atoms with E-state index in [-0.39, 0.29) is 11.5 Å². The third-order valence-corrected chi connectivity index (χ3v) is 1.93. The van der Waals surface area contributed by atoms with Crippen molar-refractivity contribution in [1.82, 2.24) is 15.3 Å². The number of hydrogen-bond acceptors (Lipinski definition) is 5. The fourth-order valence-corrected chi connectivity index (χ4v) is 1.24. The Bertz CT molecular complexity index is 423. The quantitative estimate of drug-likeness (QED) is 0.552. The van der Waals surface area contributed by atoms with Crippen LogP contribution in [-0.2, 0) is 0 Å². The van der Waals surface area contributed by atoms with E-state index in [0.717, 1.165) is 6.20 Å². The SMILES string of the molecule is CC(CC(F)(F)F)NC(=O)c1cncc(NN)n1. The zero-order valence-electron chi connectivity index (χ0n) is 9.45. The van der Waals surface area contributed by atoms with Gasteiger partial charge < -0.3 is 10.7 Å². The van der Waals surface area contributed by atoms with Crippen LogP contribution in [0.5, 0.6) is 0 Å². The van der Waals surface area contributed by atoms with Gasteiger partial charge in [-0.05, 0) is 6.92 Å². The van der Waals surface area contributed by atoms with Crippen molar-refractivity contribution in [1.29, 1.82) is 0 Å². The predicted molar refractivity (Wildman–Crippen MR) is 57.4 cm³/mol. The summed E-state index contributed by atoms with van der Waals surface area (Å²) in [5.41, 5.74) is 2.07. The van der Waals surface area contributed by atoms with Gasteiger partial charge in [-0.1, -0.05) is 0 Å². The fourth-order valence-electron chi connectivity index (χ4n) is 1.24. The number of nitrogens with two attached hydrogens (primary N) is 1. The minimum Gasteiger partial charge on any atom is -0.348 e. The number of anilines is 1. The predicted octanol–water partition coefficient (Wildman–Crippen LogP) is 0.833. The third kappa shape index (κ3) is 4.53. The largest absolute Gasteiger partial charge is 0.391 e. The maximum atomic E-state index is 12.1. The average molecular weight is 263 g/mol. The number of carbonyl (C=O) groups excluding carboxylic acids is 1. The van der Waals surface area contributed by atoms with Crippen LogP contribution in [0.4, 0.5) is 19.0 Å². The van der Waals surface area contributed by atoms with Crippen molar-refractivity contribution in [2.24, 2.45) is 5.84 Å². The molecular weight excluding hydrogens is 251 g/mol. The Balaban J connectivity index is 2.64. The van der Waals surface area contributed by atoms with Gasteiger partial charge in [-0.3, -0.25) is 9.78 Å². The molecule has 1 amide bonds. The molecule has 0 bridgehead atoms. The van der Waals surface area contributed by atoms with Gasteiger partial charge in [0.1, 0.15) is 5.69 Å². The summed E-state index contributed by atoms with van der Waals surface area (Å²) in [6, 6.07) is -1.05. The molecule has 0 fully saturated rings. The number of nitrogens with zero attached hydrogens (tertiary/aromatic N) is 2. The van der Waals surface area contributed by atoms with E-state index in [9.17, 15) is 18.0 Å². The van der Waals surface area contributed by atoms with E-state index < -0.39 is 24.5 Å². The van der Waals surface area contributed by atoms with Gasteiger partial charge in [-0.25, -0.2) is 10.8 Å². The van der Waals surface area contributed by atoms with Gasteiger partial charge >= 0.3 is 6.18 Å². The van der Waals surface area contributed by atoms with E-state index in [1.54, 1.807) is 0 Å². The van der Waals surface area contributed by atoms with Gasteiger partial charge in [0, 0.05) is 6.04 Å². The average Bonchev–Trinajstić information content (AvgIpc) is 2.26. The molecule has 0 radical (unpaired) electrons. The number of hydrazine groups is 1. The van der Waals surface area contributed by atoms with Crippen molar-refractivity contribution in [3.63, 3.8) is 0 Å². The molecule has 0 aliphatic heterocycles. The Hall–Kier alpha value is -1.90. The van der Waals surface area contributed by atoms with Crippen molar-refractivity contribution in [3.05, 3.63) is 18.1 Å². The minimum absolute atomic E-state index is 0.112. The third-order valence-electron chi connectivity index (χ3n) is 1.93. The van der Waals surface area contributed by atoms with Gasteiger partial charge in [0.2, 0.25) is 0 Å². The zero-order valence-corrected chi connectivity index (χ0v) is 9.45. The second-order valence-corrected chi connectivity index (χ2v) is 3.63. The Morgan fingerprint density at radius 2 is 2.17 bits per heavy atom. The Morgan fingerprint density at radius 3 is 2.72 bits per heavy atom. The first kappa shape index (κ1) is 14.2. The lowest BCUT2D eigenvalue weighted by Gasteiger charge is -2.15. The monoisotopic (exact) mass is 263 g/mol. The second kappa shape index (κ2) is 5.63. The topological polar surface area (TPSA) is 92.9 Å². The number of hydrogen-bond donors (Lipinski definition) is 3. The number of nitrogens with one attached hydrogen (secondary N) is 2. The summed E-state index contributed by atoms with van der Waals surface area (Å²) >= 11 is 0. The molecule has 0 saturated carbocycles. The van der Waals surface area contributed by atoms with Gasteiger partial charge in [0.25, 0.3) is 5.91 Å². The molecule has 9 heteroatoms. The van der Waals surface area contributed by atoms with Gasteiger partial charge in [-0.2, -0.15) is 13.2 Å². The zero-order chi connectivity index (χ0) is 13.8. The number of aromatic nitrogens is 2. The molecule has 100 valence electrons. The van der Waals surface area contributed by atoms with Crippen molar-refractivity contribution in [3.8, 4) is 0 Å². The van der Waals surface area contributed by atoms with E-state index in [1.165, 1.54) is 13.1 Å². The molecule has 1 unspecified atom stereocenters. The summed E-state index contributed by atoms with van der Waals surface area (Å²) in [5, 5.41) is 2.17. The van der Waals surface area contributed by atoms with Crippen molar-refractivity contribution < 1.29 is 18.0 Å². The van der Waals surface area contributed by atoms with Crippen LogP contribution >= 0.6 is 0 Å². The molecule has 6 nitrogen and oxygen atoms in total. The highest BCUT2D eigenvalue weighted by molar-refractivity contribution is 5.92. The lowest BCUT2D eigenvalue weighted by molar-refractivity contribution is -0.138. The lowest BCUT2D eigenvalue weighted by Crippen LogP contribution is -2.36. The molecule has 0 aliphatic carbocycles. The summed E-state index contributed by atoms with van der Waals surface area (Å²) in [5.74, 6) is 4.48. The van der Waals surface area contributed by atoms with E-state index >= 15 is 0 Å². The standard InChI is InChI=1S/C9H12F3N5O/c1-5(2-9(10,11)12)15-8(18)6-3-14-4-7(16-6)17-13/h3-5H,2,13H2,1H3,(H,15,18)(H,16,17). The molecule has 4 N–H and O–H groups in total. The molecule has 1 rings (SSSR count). The summed E-state index contributed by atoms with van der Waals surface area (Å²) in [4.78, 5) is 19.0. The number of amides is 1. The van der Waals surface area contributed by atoms with Crippen LogP contribution in [0.25, 0.3) is 0 Å². The molecule has 0 saturated heterocycles. The summed E-state index contributed by atoms with van der Waals surface area (Å²) < 4.78 is 36.2. The first-order chi connectivity index (χ1) is 8.31. The number of halogens is 3. The van der Waals surface area contributed by atoms with Crippen LogP contribution in [0.3, 0.4) is 0 Å². The number of alkyl halides is 3. The highest BCUT2D eigenvalue weighted by Gasteiger charge is 2.30. The molecule has 1 atom stereocenters. The molecule has 0 aromatic carbocycles. The maximum absolute atomic E-state index is 12.1. The van der Waals surface area contributed by atoms with Crippen LogP contribution in [0.1, 0.15) is 23.8 Å². The fraction of sp³-hybridized carbons (Fsp3) is 0.444. The summed E-state index contributed by atoms with van der Waals surface area (Å²) in [6.45, 7) is 1.25. The van der Waals surface area contributed by atoms with Crippen molar-refractivity contribution in [2.45, 2.75) is 25.6 Å². The van der Waals surface area contributed by atoms with Gasteiger partial charge in [0.05, 0.1) is 18.8 Å². The maximum Gasteiger partial charge on any atom is 0.391 e. The van der Waals surface area contributed by atoms with Crippen LogP contribution in [0.15, 0.2) is 12.4 Å². The first-order valence-corrected chi connectivity index (χ1v) is 4.98. The van der Waals surface area contributed by atoms with Crippen molar-refractivity contribution in [2.75, 3.05) is 5.43 Å². The Morgan fingerprint density at radius 1 is 1.50 bits per heavy atom. The number of nitrogen functional groups attached to an aromatic ring is 1. The highest BCUT2D eigenvalue weighted by Crippen LogP contribution is 2.21. The summed E-state index contributed by atoms with van der Waals surface area (Å²) in [7, 11) is 0. The normalized spacial score (nSPS) is 12.9. The smallest absolute Gasteiger partial charge is 0.348 e. The van der Waals surface area contributed by atoms with E-state index in [4.69, 9.17) is 5.84 Å². The second-order valence-electron chi connectivity index (χ2n) is 3.63. The number of rotatable bonds is 4. The van der Waals surface area contributed by atoms with E-state index in [1.807, 2.05) is 0 Å². The van der Waals surface area contributed by atoms with Crippen LogP contribution in [-0.4, -0.2) is 28.1 Å². The van der Waals surface area contributed by atoms with Crippen molar-refractivity contribution >= 4 is 11.7 Å². The van der Waals surface area contributed by atoms with Gasteiger partial charge in [0.15, 0.2) is 5.82 Å². The molecule has 0 spiro atoms. The number of carbonyl (C=O) groups is 1. The minimum atomic E-state index is -4.33. The first-order valence-electron chi connectivity index (χ1n) is 4.98. The summed E-state index contributed by atoms with van der Waals surface area (Å²) in [6.07, 6.45) is -3.04. The Kier molecular flexibility index (Phi) is 4.43. The van der Waals surface area contributed by atoms with Crippen LogP contribution in [0, 0.1) is 0 Å². The lowest BCUT2D eigenvalue weighted by atomic mass is 10.2. The molecule has 1 aromatic heterocycles.